The summed E-state index contributed by atoms with van der Waals surface area (Å²) in [6, 6.07) is 21.3. The second-order valence-corrected chi connectivity index (χ2v) is 19.3. The van der Waals surface area contributed by atoms with Gasteiger partial charge in [0.2, 0.25) is 0 Å². The van der Waals surface area contributed by atoms with E-state index in [0.717, 1.165) is 0 Å². The molecule has 0 aliphatic carbocycles. The summed E-state index contributed by atoms with van der Waals surface area (Å²) in [6.45, 7) is 3.78. The number of nitrogens with two attached hydrogens (primary N) is 1. The van der Waals surface area contributed by atoms with E-state index in [2.05, 4.69) is 46.5 Å². The number of hydrogen-bond acceptors (Lipinski definition) is 15. The zero-order valence-electron chi connectivity index (χ0n) is 34.4. The minimum atomic E-state index is -4.04. The van der Waals surface area contributed by atoms with Crippen LogP contribution >= 0.6 is 65.7 Å². The summed E-state index contributed by atoms with van der Waals surface area (Å²) in [5.74, 6) is 0.432. The molecule has 4 aromatic carbocycles. The molecule has 0 saturated heterocycles. The van der Waals surface area contributed by atoms with Gasteiger partial charge < -0.3 is 34.2 Å². The topological polar surface area (TPSA) is 222 Å². The SMILES string of the molecule is CCOC(=O)c1cc(N)ccc1Oc1cncc(Cl)c1.CCOC(=O)c1cc(NS(=O)(=O)c2cc(Br)ccc2OC)ccc1Oc1cncc(Cl)c1.COc1ccc(Br)cc1S(=O)(=O)Cl. The first kappa shape index (κ1) is 52.3. The Balaban J connectivity index is 0.000000238. The minimum absolute atomic E-state index is 0.0215. The third kappa shape index (κ3) is 15.7. The third-order valence-electron chi connectivity index (χ3n) is 7.84. The van der Waals surface area contributed by atoms with Crippen molar-refractivity contribution in [3.05, 3.63) is 140 Å². The van der Waals surface area contributed by atoms with Gasteiger partial charge in [-0.15, -0.1) is 0 Å². The molecule has 65 heavy (non-hydrogen) atoms. The molecule has 16 nitrogen and oxygen atoms in total. The molecule has 0 atom stereocenters. The molecule has 0 radical (unpaired) electrons. The van der Waals surface area contributed by atoms with Gasteiger partial charge in [0.15, 0.2) is 0 Å². The van der Waals surface area contributed by atoms with Gasteiger partial charge in [-0.3, -0.25) is 14.7 Å². The van der Waals surface area contributed by atoms with Gasteiger partial charge in [0.25, 0.3) is 19.1 Å². The molecule has 2 heterocycles. The number of ether oxygens (including phenoxy) is 6. The summed E-state index contributed by atoms with van der Waals surface area (Å²) in [7, 11) is 0.156. The van der Waals surface area contributed by atoms with Crippen LogP contribution in [-0.2, 0) is 28.5 Å². The largest absolute Gasteiger partial charge is 0.495 e. The predicted molar refractivity (Wildman–Crippen MR) is 253 cm³/mol. The number of benzene rings is 4. The molecule has 0 aliphatic heterocycles. The van der Waals surface area contributed by atoms with Crippen LogP contribution in [-0.4, -0.2) is 66.2 Å². The first-order valence-corrected chi connectivity index (χ1v) is 24.5. The highest BCUT2D eigenvalue weighted by atomic mass is 79.9. The van der Waals surface area contributed by atoms with Crippen molar-refractivity contribution in [3.8, 4) is 34.5 Å². The number of sulfonamides is 1. The van der Waals surface area contributed by atoms with E-state index in [1.165, 1.54) is 93.6 Å². The number of carbonyl (C=O) groups excluding carboxylic acids is 2. The fourth-order valence-corrected chi connectivity index (χ4v) is 8.74. The summed E-state index contributed by atoms with van der Waals surface area (Å²) >= 11 is 18.2. The van der Waals surface area contributed by atoms with E-state index in [0.29, 0.717) is 41.9 Å². The summed E-state index contributed by atoms with van der Waals surface area (Å²) in [5.41, 5.74) is 6.54. The zero-order chi connectivity index (χ0) is 47.9. The van der Waals surface area contributed by atoms with Crippen molar-refractivity contribution in [2.75, 3.05) is 37.9 Å². The Bertz CT molecular complexity index is 2880. The van der Waals surface area contributed by atoms with E-state index in [9.17, 15) is 26.4 Å². The van der Waals surface area contributed by atoms with Gasteiger partial charge in [-0.05, 0) is 86.6 Å². The number of halogens is 5. The van der Waals surface area contributed by atoms with Crippen molar-refractivity contribution in [1.82, 2.24) is 9.97 Å². The van der Waals surface area contributed by atoms with Gasteiger partial charge in [-0.25, -0.2) is 26.4 Å². The van der Waals surface area contributed by atoms with Crippen LogP contribution in [0.25, 0.3) is 0 Å². The van der Waals surface area contributed by atoms with Crippen LogP contribution < -0.4 is 29.4 Å². The van der Waals surface area contributed by atoms with Crippen LogP contribution in [0, 0.1) is 0 Å². The molecule has 0 bridgehead atoms. The maximum Gasteiger partial charge on any atom is 0.342 e. The number of aromatic nitrogens is 2. The summed E-state index contributed by atoms with van der Waals surface area (Å²) in [6.07, 6.45) is 5.85. The van der Waals surface area contributed by atoms with Gasteiger partial charge in [-0.2, -0.15) is 0 Å². The number of rotatable bonds is 14. The van der Waals surface area contributed by atoms with Crippen molar-refractivity contribution >= 4 is 108 Å². The molecule has 23 heteroatoms. The number of methoxy groups -OCH3 is 2. The Morgan fingerprint density at radius 3 is 1.54 bits per heavy atom. The number of nitrogens with zero attached hydrogens (tertiary/aromatic N) is 2. The Morgan fingerprint density at radius 2 is 1.08 bits per heavy atom. The lowest BCUT2D eigenvalue weighted by atomic mass is 10.2. The molecule has 0 spiro atoms. The monoisotopic (exact) mass is 1120 g/mol. The quantitative estimate of drug-likeness (QED) is 0.0588. The molecule has 344 valence electrons. The van der Waals surface area contributed by atoms with Gasteiger partial charge >= 0.3 is 11.9 Å². The van der Waals surface area contributed by atoms with Gasteiger partial charge in [-0.1, -0.05) is 55.1 Å². The van der Waals surface area contributed by atoms with Crippen LogP contribution in [0.2, 0.25) is 10.0 Å². The second kappa shape index (κ2) is 24.3. The summed E-state index contributed by atoms with van der Waals surface area (Å²) < 4.78 is 83.0. The van der Waals surface area contributed by atoms with Crippen LogP contribution in [0.1, 0.15) is 34.6 Å². The van der Waals surface area contributed by atoms with Crippen molar-refractivity contribution in [2.24, 2.45) is 0 Å². The Morgan fingerprint density at radius 1 is 0.631 bits per heavy atom. The second-order valence-electron chi connectivity index (χ2n) is 12.4. The third-order valence-corrected chi connectivity index (χ3v) is 12.0. The number of hydrogen-bond donors (Lipinski definition) is 2. The molecular weight excluding hydrogens is 1080 g/mol. The van der Waals surface area contributed by atoms with Gasteiger partial charge in [0.1, 0.15) is 55.4 Å². The number of anilines is 2. The zero-order valence-corrected chi connectivity index (χ0v) is 41.5. The molecule has 0 fully saturated rings. The fraction of sp³-hybridized carbons (Fsp3) is 0.143. The number of esters is 2. The lowest BCUT2D eigenvalue weighted by Gasteiger charge is -2.15. The Kier molecular flexibility index (Phi) is 19.5. The number of carbonyl (C=O) groups is 2. The molecular formula is C42H37Br2Cl3N4O12S2. The molecule has 3 N–H and O–H groups in total. The van der Waals surface area contributed by atoms with Crippen LogP contribution in [0.4, 0.5) is 11.4 Å². The highest BCUT2D eigenvalue weighted by Gasteiger charge is 2.23. The van der Waals surface area contributed by atoms with Gasteiger partial charge in [0, 0.05) is 55.5 Å². The molecule has 6 aromatic rings. The van der Waals surface area contributed by atoms with E-state index < -0.39 is 31.0 Å². The minimum Gasteiger partial charge on any atom is -0.495 e. The maximum absolute atomic E-state index is 13.0. The fourth-order valence-electron chi connectivity index (χ4n) is 5.12. The van der Waals surface area contributed by atoms with Gasteiger partial charge in [0.05, 0.1) is 49.9 Å². The van der Waals surface area contributed by atoms with Crippen molar-refractivity contribution < 1.29 is 54.8 Å². The van der Waals surface area contributed by atoms with Crippen LogP contribution in [0.3, 0.4) is 0 Å². The average molecular weight is 1120 g/mol. The molecule has 6 rings (SSSR count). The highest BCUT2D eigenvalue weighted by Crippen LogP contribution is 2.34. The predicted octanol–water partition coefficient (Wildman–Crippen LogP) is 10.9. The maximum atomic E-state index is 13.0. The lowest BCUT2D eigenvalue weighted by Crippen LogP contribution is -2.15. The Hall–Kier alpha value is -5.35. The van der Waals surface area contributed by atoms with E-state index in [-0.39, 0.29) is 57.1 Å². The standard InChI is InChI=1S/C21H18BrClN2O6S.C14H13ClN2O3.C7H6BrClO3S/c1-3-30-21(26)17-10-15(5-7-18(17)31-16-9-14(23)11-24-12-16)25-32(27,28)20-8-13(22)4-6-19(20)29-2;1-2-19-14(18)12-6-10(16)3-4-13(12)20-11-5-9(15)7-17-8-11;1-12-6-3-2-5(8)4-7(6)13(9,10)11/h4-12,25H,3H2,1-2H3;3-8H,2,16H2,1H3;2-4H,1H3. The van der Waals surface area contributed by atoms with E-state index in [1.807, 2.05) is 0 Å². The molecule has 0 amide bonds. The van der Waals surface area contributed by atoms with Crippen LogP contribution in [0.15, 0.2) is 128 Å². The molecule has 0 unspecified atom stereocenters. The summed E-state index contributed by atoms with van der Waals surface area (Å²) in [5, 5.41) is 0.795. The average Bonchev–Trinajstić information content (AvgIpc) is 3.25. The van der Waals surface area contributed by atoms with Crippen molar-refractivity contribution in [1.29, 1.82) is 0 Å². The summed E-state index contributed by atoms with van der Waals surface area (Å²) in [4.78, 5) is 32.1. The number of nitrogen functional groups attached to an aromatic ring is 1. The molecule has 2 aromatic heterocycles. The highest BCUT2D eigenvalue weighted by molar-refractivity contribution is 9.10. The van der Waals surface area contributed by atoms with E-state index >= 15 is 0 Å². The number of pyridine rings is 2. The number of nitrogens with one attached hydrogen (secondary N) is 1. The van der Waals surface area contributed by atoms with Crippen molar-refractivity contribution in [3.63, 3.8) is 0 Å². The first-order chi connectivity index (χ1) is 30.8. The van der Waals surface area contributed by atoms with Crippen LogP contribution in [0.5, 0.6) is 34.5 Å². The van der Waals surface area contributed by atoms with Crippen molar-refractivity contribution in [2.45, 2.75) is 23.6 Å². The molecule has 0 aliphatic rings. The smallest absolute Gasteiger partial charge is 0.342 e. The normalized spacial score (nSPS) is 10.8. The first-order valence-electron chi connectivity index (χ1n) is 18.4. The Labute approximate surface area is 406 Å². The lowest BCUT2D eigenvalue weighted by molar-refractivity contribution is 0.0513. The molecule has 0 saturated carbocycles. The van der Waals surface area contributed by atoms with E-state index in [1.54, 1.807) is 44.2 Å². The van der Waals surface area contributed by atoms with E-state index in [4.69, 9.17) is 68.0 Å².